The zero-order valence-electron chi connectivity index (χ0n) is 15.7. The van der Waals surface area contributed by atoms with Crippen LogP contribution >= 0.6 is 0 Å². The number of furan rings is 1. The molecule has 0 saturated carbocycles. The predicted molar refractivity (Wildman–Crippen MR) is 108 cm³/mol. The number of pyridine rings is 1. The minimum Gasteiger partial charge on any atom is -0.460 e. The summed E-state index contributed by atoms with van der Waals surface area (Å²) in [5.41, 5.74) is 1.73. The number of hydrogen-bond donors (Lipinski definition) is 1. The Labute approximate surface area is 169 Å². The second-order valence-electron chi connectivity index (χ2n) is 6.84. The van der Waals surface area contributed by atoms with E-state index < -0.39 is 9.84 Å². The van der Waals surface area contributed by atoms with E-state index in [4.69, 9.17) is 4.42 Å². The number of fused-ring (bicyclic) bond motifs is 2. The first-order valence-corrected chi connectivity index (χ1v) is 10.5. The van der Waals surface area contributed by atoms with Gasteiger partial charge in [0.05, 0.1) is 34.9 Å². The highest BCUT2D eigenvalue weighted by Gasteiger charge is 2.19. The van der Waals surface area contributed by atoms with Gasteiger partial charge in [-0.1, -0.05) is 0 Å². The summed E-state index contributed by atoms with van der Waals surface area (Å²) in [6, 6.07) is 9.77. The number of benzene rings is 1. The average Bonchev–Trinajstić information content (AvgIpc) is 3.39. The molecule has 30 heavy (non-hydrogen) atoms. The van der Waals surface area contributed by atoms with Gasteiger partial charge in [0.1, 0.15) is 16.2 Å². The van der Waals surface area contributed by atoms with E-state index in [-0.39, 0.29) is 21.9 Å². The molecule has 0 radical (unpaired) electrons. The molecule has 1 N–H and O–H groups in total. The number of aromatic amines is 1. The first kappa shape index (κ1) is 18.3. The smallest absolute Gasteiger partial charge is 0.274 e. The van der Waals surface area contributed by atoms with Crippen LogP contribution in [-0.4, -0.2) is 33.4 Å². The van der Waals surface area contributed by atoms with Crippen molar-refractivity contribution in [3.63, 3.8) is 0 Å². The Hall–Kier alpha value is -3.79. The summed E-state index contributed by atoms with van der Waals surface area (Å²) < 4.78 is 32.1. The number of aryl methyl sites for hydroxylation is 1. The molecule has 4 heterocycles. The topological polar surface area (TPSA) is 124 Å². The Bertz CT molecular complexity index is 1570. The van der Waals surface area contributed by atoms with Crippen molar-refractivity contribution in [2.45, 2.75) is 23.3 Å². The lowest BCUT2D eigenvalue weighted by molar-refractivity contribution is 0.577. The van der Waals surface area contributed by atoms with Crippen LogP contribution in [0.15, 0.2) is 74.0 Å². The van der Waals surface area contributed by atoms with Gasteiger partial charge in [-0.15, -0.1) is 0 Å². The van der Waals surface area contributed by atoms with Crippen LogP contribution in [0.25, 0.3) is 21.9 Å². The largest absolute Gasteiger partial charge is 0.460 e. The van der Waals surface area contributed by atoms with Gasteiger partial charge in [-0.25, -0.2) is 18.1 Å². The van der Waals surface area contributed by atoms with Crippen molar-refractivity contribution in [1.82, 2.24) is 25.0 Å². The molecule has 0 aliphatic rings. The van der Waals surface area contributed by atoms with Crippen LogP contribution < -0.4 is 5.56 Å². The van der Waals surface area contributed by atoms with E-state index in [0.717, 1.165) is 5.76 Å². The van der Waals surface area contributed by atoms with E-state index in [0.29, 0.717) is 27.6 Å². The molecular formula is C20H15N5O4S. The Morgan fingerprint density at radius 2 is 1.97 bits per heavy atom. The molecular weight excluding hydrogens is 406 g/mol. The van der Waals surface area contributed by atoms with E-state index >= 15 is 0 Å². The normalized spacial score (nSPS) is 12.0. The third-order valence-electron chi connectivity index (χ3n) is 4.78. The molecule has 0 amide bonds. The van der Waals surface area contributed by atoms with Crippen molar-refractivity contribution in [3.05, 3.63) is 76.8 Å². The van der Waals surface area contributed by atoms with Crippen molar-refractivity contribution in [2.75, 3.05) is 0 Å². The second kappa shape index (κ2) is 6.63. The molecule has 0 aliphatic carbocycles. The molecule has 0 unspecified atom stereocenters. The van der Waals surface area contributed by atoms with Crippen LogP contribution in [0.5, 0.6) is 0 Å². The van der Waals surface area contributed by atoms with E-state index in [1.54, 1.807) is 6.07 Å². The minimum atomic E-state index is -3.73. The Kier molecular flexibility index (Phi) is 4.03. The molecule has 9 nitrogen and oxygen atoms in total. The molecule has 0 fully saturated rings. The number of nitrogens with zero attached hydrogens (tertiary/aromatic N) is 4. The monoisotopic (exact) mass is 421 g/mol. The van der Waals surface area contributed by atoms with Crippen molar-refractivity contribution in [2.24, 2.45) is 0 Å². The van der Waals surface area contributed by atoms with E-state index in [1.165, 1.54) is 41.5 Å². The van der Waals surface area contributed by atoms with Crippen molar-refractivity contribution < 1.29 is 12.8 Å². The molecule has 0 bridgehead atoms. The molecule has 10 heteroatoms. The lowest BCUT2D eigenvalue weighted by Gasteiger charge is -2.07. The van der Waals surface area contributed by atoms with Gasteiger partial charge in [0.15, 0.2) is 5.58 Å². The zero-order valence-corrected chi connectivity index (χ0v) is 16.5. The molecule has 0 aliphatic heterocycles. The first-order chi connectivity index (χ1) is 14.4. The Morgan fingerprint density at radius 1 is 1.10 bits per heavy atom. The van der Waals surface area contributed by atoms with Crippen LogP contribution in [0.3, 0.4) is 0 Å². The molecule has 1 aromatic carbocycles. The van der Waals surface area contributed by atoms with Crippen LogP contribution in [0, 0.1) is 6.92 Å². The number of H-pyrrole nitrogens is 1. The van der Waals surface area contributed by atoms with Gasteiger partial charge in [-0.2, -0.15) is 10.2 Å². The molecule has 5 rings (SSSR count). The Balaban J connectivity index is 1.53. The van der Waals surface area contributed by atoms with Gasteiger partial charge in [0.25, 0.3) is 5.56 Å². The van der Waals surface area contributed by atoms with Crippen LogP contribution in [0.1, 0.15) is 11.5 Å². The maximum Gasteiger partial charge on any atom is 0.274 e. The van der Waals surface area contributed by atoms with Crippen molar-refractivity contribution in [3.8, 4) is 0 Å². The molecule has 0 spiro atoms. The predicted octanol–water partition coefficient (Wildman–Crippen LogP) is 2.45. The maximum atomic E-state index is 12.9. The first-order valence-electron chi connectivity index (χ1n) is 9.02. The highest BCUT2D eigenvalue weighted by Crippen LogP contribution is 2.23. The summed E-state index contributed by atoms with van der Waals surface area (Å²) in [4.78, 5) is 17.5. The number of sulfone groups is 1. The number of aromatic nitrogens is 5. The SMILES string of the molecule is Cc1cc2nc(Cn3ncc4cc(S(=O)(=O)c5cn[nH]c5)ccc4c3=O)ccc2o1. The van der Waals surface area contributed by atoms with Crippen LogP contribution in [0.2, 0.25) is 0 Å². The fraction of sp³-hybridized carbons (Fsp3) is 0.100. The number of rotatable bonds is 4. The van der Waals surface area contributed by atoms with Crippen molar-refractivity contribution >= 4 is 31.7 Å². The molecule has 5 aromatic rings. The maximum absolute atomic E-state index is 12.9. The number of hydrogen-bond acceptors (Lipinski definition) is 7. The number of nitrogens with one attached hydrogen (secondary N) is 1. The van der Waals surface area contributed by atoms with E-state index in [1.807, 2.05) is 19.1 Å². The summed E-state index contributed by atoms with van der Waals surface area (Å²) >= 11 is 0. The third kappa shape index (κ3) is 2.98. The van der Waals surface area contributed by atoms with Crippen LogP contribution in [0.4, 0.5) is 0 Å². The highest BCUT2D eigenvalue weighted by molar-refractivity contribution is 7.91. The quantitative estimate of drug-likeness (QED) is 0.473. The standard InChI is InChI=1S/C20H15N5O4S/c1-12-6-18-19(29-12)5-2-14(24-18)11-25-20(26)17-4-3-15(7-13(17)8-23-25)30(27,28)16-9-21-22-10-16/h2-10H,11H2,1H3,(H,21,22). The molecule has 150 valence electrons. The molecule has 4 aromatic heterocycles. The third-order valence-corrected chi connectivity index (χ3v) is 6.50. The summed E-state index contributed by atoms with van der Waals surface area (Å²) in [6.07, 6.45) is 4.02. The van der Waals surface area contributed by atoms with Gasteiger partial charge in [-0.3, -0.25) is 9.89 Å². The summed E-state index contributed by atoms with van der Waals surface area (Å²) in [5.74, 6) is 0.761. The Morgan fingerprint density at radius 3 is 2.77 bits per heavy atom. The highest BCUT2D eigenvalue weighted by atomic mass is 32.2. The van der Waals surface area contributed by atoms with E-state index in [2.05, 4.69) is 20.3 Å². The fourth-order valence-corrected chi connectivity index (χ4v) is 4.50. The van der Waals surface area contributed by atoms with Crippen molar-refractivity contribution in [1.29, 1.82) is 0 Å². The van der Waals surface area contributed by atoms with Gasteiger partial charge >= 0.3 is 0 Å². The average molecular weight is 421 g/mol. The zero-order chi connectivity index (χ0) is 20.9. The van der Waals surface area contributed by atoms with E-state index in [9.17, 15) is 13.2 Å². The minimum absolute atomic E-state index is 0.0547. The van der Waals surface area contributed by atoms with Gasteiger partial charge in [0.2, 0.25) is 9.84 Å². The summed E-state index contributed by atoms with van der Waals surface area (Å²) in [6.45, 7) is 2.03. The molecule has 0 saturated heterocycles. The fourth-order valence-electron chi connectivity index (χ4n) is 3.30. The summed E-state index contributed by atoms with van der Waals surface area (Å²) in [5, 5.41) is 11.2. The summed E-state index contributed by atoms with van der Waals surface area (Å²) in [7, 11) is -3.73. The van der Waals surface area contributed by atoms with Gasteiger partial charge in [-0.05, 0) is 37.3 Å². The lowest BCUT2D eigenvalue weighted by Crippen LogP contribution is -2.23. The van der Waals surface area contributed by atoms with Gasteiger partial charge < -0.3 is 4.42 Å². The molecule has 0 atom stereocenters. The van der Waals surface area contributed by atoms with Gasteiger partial charge in [0, 0.05) is 17.6 Å². The second-order valence-corrected chi connectivity index (χ2v) is 8.79. The lowest BCUT2D eigenvalue weighted by atomic mass is 10.2. The van der Waals surface area contributed by atoms with Crippen LogP contribution in [-0.2, 0) is 16.4 Å².